The number of alkyl halides is 3. The predicted molar refractivity (Wildman–Crippen MR) is 453 cm³/mol. The number of carbonyl (C=O) groups excluding carboxylic acids is 5. The summed E-state index contributed by atoms with van der Waals surface area (Å²) < 4.78 is 139. The first kappa shape index (κ1) is 92.7. The number of ether oxygens (including phenoxy) is 3. The molecule has 15 rings (SSSR count). The van der Waals surface area contributed by atoms with Gasteiger partial charge in [-0.25, -0.2) is 89.4 Å². The highest BCUT2D eigenvalue weighted by Gasteiger charge is 2.26. The molecular weight excluding hydrogens is 1670 g/mol. The Kier molecular flexibility index (Phi) is 32.1. The van der Waals surface area contributed by atoms with Gasteiger partial charge in [0.2, 0.25) is 0 Å². The van der Waals surface area contributed by atoms with E-state index in [0.29, 0.717) is 62.6 Å². The zero-order chi connectivity index (χ0) is 91.4. The van der Waals surface area contributed by atoms with Crippen LogP contribution in [0.5, 0.6) is 34.5 Å². The van der Waals surface area contributed by atoms with E-state index in [0.717, 1.165) is 61.0 Å². The third-order valence-corrected chi connectivity index (χ3v) is 18.2. The third kappa shape index (κ3) is 28.3. The number of pyridine rings is 5. The van der Waals surface area contributed by atoms with E-state index in [2.05, 4.69) is 74.8 Å². The Morgan fingerprint density at radius 3 is 0.984 bits per heavy atom. The minimum atomic E-state index is -3.00. The topological polar surface area (TPSA) is 313 Å². The fourth-order valence-corrected chi connectivity index (χ4v) is 11.8. The van der Waals surface area contributed by atoms with Crippen LogP contribution < -0.4 is 24.0 Å². The van der Waals surface area contributed by atoms with E-state index >= 15 is 0 Å². The number of halogens is 9. The molecule has 0 aliphatic carbocycles. The molecule has 10 heterocycles. The van der Waals surface area contributed by atoms with Gasteiger partial charge in [-0.05, 0) is 172 Å². The Hall–Kier alpha value is -16.0. The summed E-state index contributed by atoms with van der Waals surface area (Å²) in [5.74, 6) is -6.57. The largest absolute Gasteiger partial charge is 0.454 e. The van der Waals surface area contributed by atoms with Gasteiger partial charge < -0.3 is 24.0 Å². The standard InChI is InChI=1S/C20H17F3N4O.C19H14F3N3O2.C19H17FN4O.2C18H14FN3O2/c1-20(22,23)14-3-4-16(26-9-14)8-19(28)13-5-15(21)7-17(6-13)27(2)18-10-24-12-25-11-18;1-11(20)19-17(22)3-2-14(25-19)7-18(26)12-4-13(21)6-15(5-12)27-16-8-23-10-24-9-16;1-13-3-4-16(23-9-13)8-19(25)14-5-15(20)7-17(6-14)24(2)18-10-21-12-22-11-18;2*1-12-2-3-22-15(4-12)8-18(23)13-5-14(19)7-16(6-13)24-17-9-20-11-21-10-17/h3-7,9-12H,8H2,1-2H3;2-6,8-11H,7H2,1H3;3-7,9-12H,8H2,1-2H3;2*2-7,9-11H,8H2,1H3. The van der Waals surface area contributed by atoms with Crippen molar-refractivity contribution in [2.45, 2.75) is 78.8 Å². The molecule has 0 spiro atoms. The summed E-state index contributed by atoms with van der Waals surface area (Å²) in [5.41, 5.74) is 8.20. The number of benzene rings is 5. The van der Waals surface area contributed by atoms with Crippen LogP contribution in [-0.4, -0.2) is 118 Å². The lowest BCUT2D eigenvalue weighted by Gasteiger charge is -2.19. The van der Waals surface area contributed by atoms with Gasteiger partial charge in [0.15, 0.2) is 46.2 Å². The van der Waals surface area contributed by atoms with E-state index in [1.54, 1.807) is 85.5 Å². The second-order valence-electron chi connectivity index (χ2n) is 28.5. The van der Waals surface area contributed by atoms with Crippen molar-refractivity contribution in [3.8, 4) is 34.5 Å². The quantitative estimate of drug-likeness (QED) is 0.0341. The van der Waals surface area contributed by atoms with Gasteiger partial charge in [-0.2, -0.15) is 0 Å². The van der Waals surface area contributed by atoms with Gasteiger partial charge in [-0.15, -0.1) is 0 Å². The molecule has 1 atom stereocenters. The molecule has 5 aromatic carbocycles. The summed E-state index contributed by atoms with van der Waals surface area (Å²) in [7, 11) is 3.47. The SMILES string of the molecule is CC(F)c1nc(CC(=O)c2cc(F)cc(Oc3cncnc3)c2)ccc1F.CN(c1cncnc1)c1cc(F)cc(C(=O)Cc2ccc(C(C)(F)F)cn2)c1.Cc1ccc(CC(=O)c2cc(F)cc(N(C)c3cncnc3)c2)nc1.Cc1ccnc(CC(=O)c2cc(F)cc(Oc3cncnc3)c2)c1.Cc1ccnc(CC(=O)c2cc(F)cc(Oc3cncnc3)c2)c1. The van der Waals surface area contributed by atoms with Crippen LogP contribution in [-0.2, 0) is 38.0 Å². The molecule has 15 aromatic rings. The summed E-state index contributed by atoms with van der Waals surface area (Å²) in [5, 5.41) is 0. The number of Topliss-reactive ketones (excluding diaryl/α,β-unsaturated/α-hetero) is 5. The number of ketones is 5. The van der Waals surface area contributed by atoms with Crippen LogP contribution >= 0.6 is 0 Å². The van der Waals surface area contributed by atoms with Crippen molar-refractivity contribution in [3.05, 3.63) is 389 Å². The van der Waals surface area contributed by atoms with Gasteiger partial charge in [-0.3, -0.25) is 48.9 Å². The van der Waals surface area contributed by atoms with Crippen molar-refractivity contribution >= 4 is 51.7 Å². The second-order valence-corrected chi connectivity index (χ2v) is 28.5. The van der Waals surface area contributed by atoms with Crippen molar-refractivity contribution in [1.82, 2.24) is 74.8 Å². The van der Waals surface area contributed by atoms with Gasteiger partial charge in [0.1, 0.15) is 95.7 Å². The molecule has 648 valence electrons. The van der Waals surface area contributed by atoms with Crippen LogP contribution in [0.4, 0.5) is 62.3 Å². The van der Waals surface area contributed by atoms with E-state index in [4.69, 9.17) is 14.2 Å². The van der Waals surface area contributed by atoms with Gasteiger partial charge in [0.05, 0.1) is 105 Å². The molecule has 34 heteroatoms. The molecule has 10 aromatic heterocycles. The molecule has 0 saturated carbocycles. The normalized spacial score (nSPS) is 10.9. The predicted octanol–water partition coefficient (Wildman–Crippen LogP) is 19.3. The van der Waals surface area contributed by atoms with Crippen molar-refractivity contribution in [2.24, 2.45) is 0 Å². The van der Waals surface area contributed by atoms with E-state index in [1.165, 1.54) is 148 Å². The fraction of sp³-hybridized carbons (Fsp3) is 0.149. The van der Waals surface area contributed by atoms with Crippen LogP contribution in [0.1, 0.15) is 128 Å². The molecule has 0 fully saturated rings. The fourth-order valence-electron chi connectivity index (χ4n) is 11.8. The van der Waals surface area contributed by atoms with Crippen molar-refractivity contribution in [1.29, 1.82) is 0 Å². The lowest BCUT2D eigenvalue weighted by atomic mass is 10.0. The maximum atomic E-state index is 14.1. The maximum Gasteiger partial charge on any atom is 0.272 e. The summed E-state index contributed by atoms with van der Waals surface area (Å²) in [6.07, 6.45) is 26.2. The molecule has 0 amide bonds. The molecule has 0 aliphatic rings. The van der Waals surface area contributed by atoms with E-state index in [-0.39, 0.29) is 117 Å². The van der Waals surface area contributed by atoms with Crippen LogP contribution in [0.15, 0.2) is 270 Å². The average molecular weight is 1740 g/mol. The van der Waals surface area contributed by atoms with Crippen molar-refractivity contribution in [3.63, 3.8) is 0 Å². The molecular formula is C94H76F9N17O8. The molecule has 25 nitrogen and oxygen atoms in total. The zero-order valence-corrected chi connectivity index (χ0v) is 69.3. The van der Waals surface area contributed by atoms with Crippen LogP contribution in [0.2, 0.25) is 0 Å². The summed E-state index contributed by atoms with van der Waals surface area (Å²) in [6, 6.07) is 35.6. The number of carbonyl (C=O) groups is 5. The molecule has 128 heavy (non-hydrogen) atoms. The number of anilines is 4. The minimum absolute atomic E-state index is 0.0443. The van der Waals surface area contributed by atoms with Crippen molar-refractivity contribution < 1.29 is 77.7 Å². The highest BCUT2D eigenvalue weighted by Crippen LogP contribution is 2.32. The number of rotatable bonds is 27. The van der Waals surface area contributed by atoms with Gasteiger partial charge in [0.25, 0.3) is 5.92 Å². The van der Waals surface area contributed by atoms with E-state index in [9.17, 15) is 63.5 Å². The number of hydrogen-bond donors (Lipinski definition) is 0. The van der Waals surface area contributed by atoms with Gasteiger partial charge in [-0.1, -0.05) is 6.07 Å². The number of hydrogen-bond acceptors (Lipinski definition) is 25. The number of aryl methyl sites for hydroxylation is 3. The van der Waals surface area contributed by atoms with Crippen molar-refractivity contribution in [2.75, 3.05) is 23.9 Å². The summed E-state index contributed by atoms with van der Waals surface area (Å²) in [6.45, 7) is 7.70. The van der Waals surface area contributed by atoms with Gasteiger partial charge in [0, 0.05) is 137 Å². The van der Waals surface area contributed by atoms with Gasteiger partial charge >= 0.3 is 0 Å². The maximum absolute atomic E-state index is 14.1. The van der Waals surface area contributed by atoms with Crippen LogP contribution in [0.3, 0.4) is 0 Å². The van der Waals surface area contributed by atoms with E-state index in [1.807, 2.05) is 51.1 Å². The zero-order valence-electron chi connectivity index (χ0n) is 69.3. The first-order chi connectivity index (χ1) is 61.4. The summed E-state index contributed by atoms with van der Waals surface area (Å²) >= 11 is 0. The number of aromatic nitrogens is 15. The van der Waals surface area contributed by atoms with E-state index < -0.39 is 52.8 Å². The molecule has 0 N–H and O–H groups in total. The Morgan fingerprint density at radius 1 is 0.336 bits per heavy atom. The first-order valence-electron chi connectivity index (χ1n) is 38.7. The average Bonchev–Trinajstić information content (AvgIpc) is 0.842. The van der Waals surface area contributed by atoms with Crippen LogP contribution in [0.25, 0.3) is 0 Å². The molecule has 1 unspecified atom stereocenters. The minimum Gasteiger partial charge on any atom is -0.454 e. The molecule has 0 radical (unpaired) electrons. The Balaban J connectivity index is 0.000000155. The summed E-state index contributed by atoms with van der Waals surface area (Å²) in [4.78, 5) is 125. The lowest BCUT2D eigenvalue weighted by Crippen LogP contribution is -2.13. The smallest absolute Gasteiger partial charge is 0.272 e. The highest BCUT2D eigenvalue weighted by molar-refractivity contribution is 6.00. The molecule has 0 saturated heterocycles. The Bertz CT molecular complexity index is 6190. The molecule has 0 aliphatic heterocycles. The van der Waals surface area contributed by atoms with Crippen LogP contribution in [0, 0.1) is 55.7 Å². The highest BCUT2D eigenvalue weighted by atomic mass is 19.3. The number of nitrogens with zero attached hydrogens (tertiary/aromatic N) is 17. The monoisotopic (exact) mass is 1740 g/mol. The first-order valence-corrected chi connectivity index (χ1v) is 38.7. The Labute approximate surface area is 727 Å². The molecule has 0 bridgehead atoms. The Morgan fingerprint density at radius 2 is 0.656 bits per heavy atom. The lowest BCUT2D eigenvalue weighted by molar-refractivity contribution is 0.0170. The second kappa shape index (κ2) is 44.3. The third-order valence-electron chi connectivity index (χ3n) is 18.2.